The van der Waals surface area contributed by atoms with Gasteiger partial charge in [-0.2, -0.15) is 0 Å². The quantitative estimate of drug-likeness (QED) is 0.761. The van der Waals surface area contributed by atoms with Crippen LogP contribution in [0, 0.1) is 0 Å². The maximum atomic E-state index is 6.00. The molecular weight excluding hydrogens is 226 g/mol. The van der Waals surface area contributed by atoms with Crippen LogP contribution < -0.4 is 4.74 Å². The minimum atomic E-state index is 0.261. The van der Waals surface area contributed by atoms with Gasteiger partial charge in [-0.3, -0.25) is 4.90 Å². The maximum absolute atomic E-state index is 6.00. The fourth-order valence-electron chi connectivity index (χ4n) is 2.95. The van der Waals surface area contributed by atoms with Crippen LogP contribution in [0.15, 0.2) is 24.3 Å². The normalized spacial score (nSPS) is 26.2. The van der Waals surface area contributed by atoms with Gasteiger partial charge >= 0.3 is 0 Å². The summed E-state index contributed by atoms with van der Waals surface area (Å²) in [5, 5.41) is 0. The van der Waals surface area contributed by atoms with E-state index >= 15 is 0 Å². The minimum absolute atomic E-state index is 0.261. The molecule has 0 aliphatic carbocycles. The predicted molar refractivity (Wildman–Crippen MR) is 70.8 cm³/mol. The van der Waals surface area contributed by atoms with Crippen molar-refractivity contribution in [2.24, 2.45) is 0 Å². The van der Waals surface area contributed by atoms with Crippen LogP contribution in [0.2, 0.25) is 0 Å². The summed E-state index contributed by atoms with van der Waals surface area (Å²) in [6.45, 7) is 5.98. The number of nitrogens with zero attached hydrogens (tertiary/aromatic N) is 1. The molecule has 0 bridgehead atoms. The average Bonchev–Trinajstić information content (AvgIpc) is 2.57. The smallest absolute Gasteiger partial charge is 0.124 e. The highest BCUT2D eigenvalue weighted by Crippen LogP contribution is 2.27. The Morgan fingerprint density at radius 3 is 2.78 bits per heavy atom. The zero-order valence-corrected chi connectivity index (χ0v) is 11.0. The highest BCUT2D eigenvalue weighted by atomic mass is 16.5. The standard InChI is InChI=1S/C15H21NO2/c1-12-10-16(14-6-8-17-9-7-14)11-13-4-2-3-5-15(13)18-12/h2-5,12,14H,6-11H2,1H3. The molecule has 98 valence electrons. The van der Waals surface area contributed by atoms with E-state index in [9.17, 15) is 0 Å². The van der Waals surface area contributed by atoms with Gasteiger partial charge in [0.25, 0.3) is 0 Å². The number of fused-ring (bicyclic) bond motifs is 1. The van der Waals surface area contributed by atoms with E-state index < -0.39 is 0 Å². The van der Waals surface area contributed by atoms with Crippen LogP contribution in [0.1, 0.15) is 25.3 Å². The van der Waals surface area contributed by atoms with Crippen LogP contribution in [-0.4, -0.2) is 36.8 Å². The molecular formula is C15H21NO2. The highest BCUT2D eigenvalue weighted by Gasteiger charge is 2.26. The van der Waals surface area contributed by atoms with Crippen molar-refractivity contribution in [1.82, 2.24) is 4.90 Å². The third-order valence-corrected chi connectivity index (χ3v) is 3.87. The first-order chi connectivity index (χ1) is 8.83. The van der Waals surface area contributed by atoms with Gasteiger partial charge in [-0.25, -0.2) is 0 Å². The SMILES string of the molecule is CC1CN(C2CCOCC2)Cc2ccccc2O1. The van der Waals surface area contributed by atoms with Crippen molar-refractivity contribution in [3.63, 3.8) is 0 Å². The molecule has 1 aromatic rings. The average molecular weight is 247 g/mol. The number of rotatable bonds is 1. The molecule has 2 heterocycles. The Morgan fingerprint density at radius 2 is 1.94 bits per heavy atom. The molecule has 1 unspecified atom stereocenters. The summed E-state index contributed by atoms with van der Waals surface area (Å²) in [5.41, 5.74) is 1.31. The van der Waals surface area contributed by atoms with Crippen LogP contribution in [0.25, 0.3) is 0 Å². The molecule has 0 saturated carbocycles. The summed E-state index contributed by atoms with van der Waals surface area (Å²) in [4.78, 5) is 2.57. The van der Waals surface area contributed by atoms with E-state index in [0.717, 1.165) is 44.9 Å². The van der Waals surface area contributed by atoms with Crippen molar-refractivity contribution < 1.29 is 9.47 Å². The highest BCUT2D eigenvalue weighted by molar-refractivity contribution is 5.34. The molecule has 3 nitrogen and oxygen atoms in total. The van der Waals surface area contributed by atoms with Crippen LogP contribution in [0.5, 0.6) is 5.75 Å². The summed E-state index contributed by atoms with van der Waals surface area (Å²) >= 11 is 0. The number of para-hydroxylation sites is 1. The lowest BCUT2D eigenvalue weighted by atomic mass is 10.1. The van der Waals surface area contributed by atoms with Crippen LogP contribution in [-0.2, 0) is 11.3 Å². The molecule has 1 aromatic carbocycles. The lowest BCUT2D eigenvalue weighted by molar-refractivity contribution is 0.0223. The monoisotopic (exact) mass is 247 g/mol. The summed E-state index contributed by atoms with van der Waals surface area (Å²) in [6.07, 6.45) is 2.56. The van der Waals surface area contributed by atoms with Gasteiger partial charge in [-0.15, -0.1) is 0 Å². The number of hydrogen-bond donors (Lipinski definition) is 0. The largest absolute Gasteiger partial charge is 0.489 e. The lowest BCUT2D eigenvalue weighted by Crippen LogP contribution is -2.42. The maximum Gasteiger partial charge on any atom is 0.124 e. The summed E-state index contributed by atoms with van der Waals surface area (Å²) in [6, 6.07) is 9.06. The summed E-state index contributed by atoms with van der Waals surface area (Å²) in [7, 11) is 0. The first-order valence-electron chi connectivity index (χ1n) is 6.89. The Labute approximate surface area is 109 Å². The van der Waals surface area contributed by atoms with E-state index in [0.29, 0.717) is 6.04 Å². The Bertz CT molecular complexity index is 401. The molecule has 0 spiro atoms. The van der Waals surface area contributed by atoms with Crippen molar-refractivity contribution in [2.45, 2.75) is 38.5 Å². The van der Waals surface area contributed by atoms with Crippen molar-refractivity contribution in [3.8, 4) is 5.75 Å². The molecule has 2 aliphatic rings. The lowest BCUT2D eigenvalue weighted by Gasteiger charge is -2.34. The van der Waals surface area contributed by atoms with Crippen molar-refractivity contribution in [1.29, 1.82) is 0 Å². The second-order valence-electron chi connectivity index (χ2n) is 5.31. The van der Waals surface area contributed by atoms with Crippen molar-refractivity contribution >= 4 is 0 Å². The predicted octanol–water partition coefficient (Wildman–Crippen LogP) is 2.45. The third-order valence-electron chi connectivity index (χ3n) is 3.87. The zero-order chi connectivity index (χ0) is 12.4. The van der Waals surface area contributed by atoms with Gasteiger partial charge in [0.15, 0.2) is 0 Å². The topological polar surface area (TPSA) is 21.7 Å². The molecule has 1 atom stereocenters. The van der Waals surface area contributed by atoms with E-state index in [1.54, 1.807) is 0 Å². The van der Waals surface area contributed by atoms with Crippen LogP contribution >= 0.6 is 0 Å². The fourth-order valence-corrected chi connectivity index (χ4v) is 2.95. The zero-order valence-electron chi connectivity index (χ0n) is 11.0. The van der Waals surface area contributed by atoms with Crippen LogP contribution in [0.4, 0.5) is 0 Å². The van der Waals surface area contributed by atoms with E-state index in [-0.39, 0.29) is 6.10 Å². The van der Waals surface area contributed by atoms with Gasteiger partial charge < -0.3 is 9.47 Å². The molecule has 1 saturated heterocycles. The number of benzene rings is 1. The Balaban J connectivity index is 1.80. The van der Waals surface area contributed by atoms with Gasteiger partial charge in [0.05, 0.1) is 0 Å². The second kappa shape index (κ2) is 5.29. The fraction of sp³-hybridized carbons (Fsp3) is 0.600. The summed E-state index contributed by atoms with van der Waals surface area (Å²) < 4.78 is 11.5. The molecule has 18 heavy (non-hydrogen) atoms. The Morgan fingerprint density at radius 1 is 1.17 bits per heavy atom. The molecule has 3 rings (SSSR count). The van der Waals surface area contributed by atoms with E-state index in [1.807, 2.05) is 0 Å². The van der Waals surface area contributed by atoms with Crippen molar-refractivity contribution in [3.05, 3.63) is 29.8 Å². The molecule has 0 radical (unpaired) electrons. The van der Waals surface area contributed by atoms with E-state index in [4.69, 9.17) is 9.47 Å². The Kier molecular flexibility index (Phi) is 3.52. The second-order valence-corrected chi connectivity index (χ2v) is 5.31. The molecule has 2 aliphatic heterocycles. The minimum Gasteiger partial charge on any atom is -0.489 e. The van der Waals surface area contributed by atoms with Crippen molar-refractivity contribution in [2.75, 3.05) is 19.8 Å². The number of hydrogen-bond acceptors (Lipinski definition) is 3. The molecule has 0 amide bonds. The van der Waals surface area contributed by atoms with Crippen LogP contribution in [0.3, 0.4) is 0 Å². The van der Waals surface area contributed by atoms with Gasteiger partial charge in [-0.1, -0.05) is 18.2 Å². The first-order valence-corrected chi connectivity index (χ1v) is 6.89. The molecule has 1 fully saturated rings. The molecule has 0 N–H and O–H groups in total. The van der Waals surface area contributed by atoms with E-state index in [2.05, 4.69) is 36.1 Å². The van der Waals surface area contributed by atoms with Gasteiger partial charge in [0.2, 0.25) is 0 Å². The Hall–Kier alpha value is -1.06. The van der Waals surface area contributed by atoms with E-state index in [1.165, 1.54) is 5.56 Å². The third kappa shape index (κ3) is 2.52. The van der Waals surface area contributed by atoms with Gasteiger partial charge in [0, 0.05) is 37.9 Å². The number of ether oxygens (including phenoxy) is 2. The van der Waals surface area contributed by atoms with Gasteiger partial charge in [-0.05, 0) is 25.8 Å². The molecule has 3 heteroatoms. The molecule has 0 aromatic heterocycles. The summed E-state index contributed by atoms with van der Waals surface area (Å²) in [5.74, 6) is 1.06. The van der Waals surface area contributed by atoms with Gasteiger partial charge in [0.1, 0.15) is 11.9 Å². The first kappa shape index (κ1) is 12.0.